The van der Waals surface area contributed by atoms with Crippen LogP contribution in [0, 0.1) is 5.92 Å². The number of alkyl halides is 3. The summed E-state index contributed by atoms with van der Waals surface area (Å²) < 4.78 is 51.0. The smallest absolute Gasteiger partial charge is 0.450 e. The van der Waals surface area contributed by atoms with Crippen molar-refractivity contribution in [2.24, 2.45) is 5.92 Å². The van der Waals surface area contributed by atoms with Gasteiger partial charge in [-0.1, -0.05) is 43.6 Å². The molecule has 0 aliphatic heterocycles. The lowest BCUT2D eigenvalue weighted by Crippen LogP contribution is -2.17. The zero-order valence-corrected chi connectivity index (χ0v) is 15.5. The van der Waals surface area contributed by atoms with Crippen LogP contribution in [0.1, 0.15) is 19.6 Å². The average molecular weight is 411 g/mol. The van der Waals surface area contributed by atoms with Crippen LogP contribution in [-0.4, -0.2) is 5.97 Å². The van der Waals surface area contributed by atoms with Crippen LogP contribution in [0.4, 0.5) is 13.2 Å². The number of halogens is 4. The third kappa shape index (κ3) is 3.75. The van der Waals surface area contributed by atoms with Crippen molar-refractivity contribution in [3.05, 3.63) is 63.5 Å². The lowest BCUT2D eigenvalue weighted by molar-refractivity contribution is -0.152. The van der Waals surface area contributed by atoms with Crippen molar-refractivity contribution < 1.29 is 27.1 Å². The predicted molar refractivity (Wildman–Crippen MR) is 98.4 cm³/mol. The molecule has 0 radical (unpaired) electrons. The fourth-order valence-electron chi connectivity index (χ4n) is 2.58. The van der Waals surface area contributed by atoms with Gasteiger partial charge >= 0.3 is 12.1 Å². The number of carbonyl (C=O) groups excluding carboxylic acids is 1. The van der Waals surface area contributed by atoms with E-state index in [0.717, 1.165) is 6.07 Å². The van der Waals surface area contributed by atoms with Gasteiger partial charge in [-0.15, -0.1) is 0 Å². The van der Waals surface area contributed by atoms with Gasteiger partial charge in [0.25, 0.3) is 0 Å². The number of fused-ring (bicyclic) bond motifs is 1. The molecule has 0 saturated carbocycles. The summed E-state index contributed by atoms with van der Waals surface area (Å²) in [4.78, 5) is 24.6. The standard InChI is InChI=1S/C20H14ClF3O4/c1-10(2)19(26)27-11-7-8-13-15(9-11)28-18(20(22,23)24)16(17(13)25)12-5-3-4-6-14(12)21/h3-10H,1-2H3. The van der Waals surface area contributed by atoms with Gasteiger partial charge in [-0.25, -0.2) is 0 Å². The summed E-state index contributed by atoms with van der Waals surface area (Å²) in [6, 6.07) is 9.37. The molecule has 0 aliphatic carbocycles. The fraction of sp³-hybridized carbons (Fsp3) is 0.200. The van der Waals surface area contributed by atoms with E-state index in [1.807, 2.05) is 0 Å². The third-order valence-corrected chi connectivity index (χ3v) is 4.28. The summed E-state index contributed by atoms with van der Waals surface area (Å²) in [7, 11) is 0. The van der Waals surface area contributed by atoms with Crippen LogP contribution in [0.25, 0.3) is 22.1 Å². The summed E-state index contributed by atoms with van der Waals surface area (Å²) in [6.45, 7) is 3.22. The Labute approximate surface area is 162 Å². The van der Waals surface area contributed by atoms with E-state index in [-0.39, 0.29) is 27.3 Å². The molecule has 1 aromatic heterocycles. The second-order valence-electron chi connectivity index (χ2n) is 6.35. The molecule has 0 saturated heterocycles. The molecule has 0 amide bonds. The summed E-state index contributed by atoms with van der Waals surface area (Å²) in [5.74, 6) is -2.49. The number of benzene rings is 2. The molecule has 8 heteroatoms. The number of carbonyl (C=O) groups is 1. The minimum Gasteiger partial charge on any atom is -0.450 e. The Hall–Kier alpha value is -2.80. The Morgan fingerprint density at radius 1 is 1.14 bits per heavy atom. The average Bonchev–Trinajstić information content (AvgIpc) is 2.61. The monoisotopic (exact) mass is 410 g/mol. The van der Waals surface area contributed by atoms with Gasteiger partial charge in [0.1, 0.15) is 11.3 Å². The van der Waals surface area contributed by atoms with Crippen LogP contribution in [0.3, 0.4) is 0 Å². The number of ether oxygens (including phenoxy) is 1. The van der Waals surface area contributed by atoms with Crippen molar-refractivity contribution in [2.45, 2.75) is 20.0 Å². The quantitative estimate of drug-likeness (QED) is 0.411. The molecular formula is C20H14ClF3O4. The Morgan fingerprint density at radius 2 is 1.82 bits per heavy atom. The Bertz CT molecular complexity index is 1120. The van der Waals surface area contributed by atoms with Crippen molar-refractivity contribution in [1.82, 2.24) is 0 Å². The maximum absolute atomic E-state index is 13.6. The lowest BCUT2D eigenvalue weighted by atomic mass is 10.0. The van der Waals surface area contributed by atoms with Crippen LogP contribution >= 0.6 is 11.6 Å². The van der Waals surface area contributed by atoms with Crippen LogP contribution in [0.15, 0.2) is 51.7 Å². The zero-order valence-electron chi connectivity index (χ0n) is 14.8. The molecule has 146 valence electrons. The van der Waals surface area contributed by atoms with E-state index < -0.39 is 34.8 Å². The topological polar surface area (TPSA) is 56.5 Å². The molecule has 0 N–H and O–H groups in total. The molecule has 2 aromatic carbocycles. The molecular weight excluding hydrogens is 397 g/mol. The van der Waals surface area contributed by atoms with E-state index in [4.69, 9.17) is 20.8 Å². The van der Waals surface area contributed by atoms with Gasteiger partial charge in [-0.2, -0.15) is 13.2 Å². The molecule has 28 heavy (non-hydrogen) atoms. The first-order valence-corrected chi connectivity index (χ1v) is 8.62. The zero-order chi connectivity index (χ0) is 20.6. The highest BCUT2D eigenvalue weighted by atomic mass is 35.5. The highest BCUT2D eigenvalue weighted by Gasteiger charge is 2.39. The SMILES string of the molecule is CC(C)C(=O)Oc1ccc2c(=O)c(-c3ccccc3Cl)c(C(F)(F)F)oc2c1. The first-order chi connectivity index (χ1) is 13.1. The third-order valence-electron chi connectivity index (χ3n) is 3.95. The predicted octanol–water partition coefficient (Wildman–Crippen LogP) is 5.69. The second kappa shape index (κ2) is 7.31. The molecule has 1 heterocycles. The summed E-state index contributed by atoms with van der Waals surface area (Å²) in [5.41, 5.74) is -1.98. The molecule has 0 atom stereocenters. The summed E-state index contributed by atoms with van der Waals surface area (Å²) in [5, 5.41) is -0.102. The first-order valence-electron chi connectivity index (χ1n) is 8.24. The van der Waals surface area contributed by atoms with E-state index in [0.29, 0.717) is 0 Å². The highest BCUT2D eigenvalue weighted by molar-refractivity contribution is 6.33. The number of esters is 1. The van der Waals surface area contributed by atoms with Gasteiger partial charge in [0, 0.05) is 16.7 Å². The molecule has 4 nitrogen and oxygen atoms in total. The molecule has 3 rings (SSSR count). The molecule has 0 aliphatic rings. The maximum Gasteiger partial charge on any atom is 0.450 e. The van der Waals surface area contributed by atoms with Gasteiger partial charge in [0.2, 0.25) is 11.2 Å². The van der Waals surface area contributed by atoms with Gasteiger partial charge in [-0.05, 0) is 18.2 Å². The van der Waals surface area contributed by atoms with E-state index in [1.54, 1.807) is 13.8 Å². The van der Waals surface area contributed by atoms with Gasteiger partial charge in [0.05, 0.1) is 16.9 Å². The van der Waals surface area contributed by atoms with E-state index in [1.165, 1.54) is 36.4 Å². The van der Waals surface area contributed by atoms with E-state index in [2.05, 4.69) is 0 Å². The maximum atomic E-state index is 13.6. The number of hydrogen-bond donors (Lipinski definition) is 0. The van der Waals surface area contributed by atoms with Crippen molar-refractivity contribution in [1.29, 1.82) is 0 Å². The van der Waals surface area contributed by atoms with Crippen molar-refractivity contribution in [3.8, 4) is 16.9 Å². The number of hydrogen-bond acceptors (Lipinski definition) is 4. The highest BCUT2D eigenvalue weighted by Crippen LogP contribution is 2.39. The number of rotatable bonds is 3. The van der Waals surface area contributed by atoms with Crippen molar-refractivity contribution >= 4 is 28.5 Å². The van der Waals surface area contributed by atoms with E-state index in [9.17, 15) is 22.8 Å². The Morgan fingerprint density at radius 3 is 2.43 bits per heavy atom. The van der Waals surface area contributed by atoms with Gasteiger partial charge in [-0.3, -0.25) is 9.59 Å². The normalized spacial score (nSPS) is 11.8. The van der Waals surface area contributed by atoms with Crippen molar-refractivity contribution in [2.75, 3.05) is 0 Å². The molecule has 0 unspecified atom stereocenters. The molecule has 0 fully saturated rings. The van der Waals surface area contributed by atoms with Crippen LogP contribution < -0.4 is 10.2 Å². The second-order valence-corrected chi connectivity index (χ2v) is 6.75. The van der Waals surface area contributed by atoms with Gasteiger partial charge < -0.3 is 9.15 Å². The van der Waals surface area contributed by atoms with Gasteiger partial charge in [0.15, 0.2) is 0 Å². The summed E-state index contributed by atoms with van der Waals surface area (Å²) >= 11 is 6.01. The van der Waals surface area contributed by atoms with Crippen LogP contribution in [0.5, 0.6) is 5.75 Å². The Balaban J connectivity index is 2.28. The summed E-state index contributed by atoms with van der Waals surface area (Å²) in [6.07, 6.45) is -4.94. The van der Waals surface area contributed by atoms with Crippen LogP contribution in [-0.2, 0) is 11.0 Å². The first kappa shape index (κ1) is 19.9. The fourth-order valence-corrected chi connectivity index (χ4v) is 2.81. The minimum atomic E-state index is -4.94. The van der Waals surface area contributed by atoms with E-state index >= 15 is 0 Å². The molecule has 0 spiro atoms. The molecule has 0 bridgehead atoms. The largest absolute Gasteiger partial charge is 0.450 e. The van der Waals surface area contributed by atoms with Crippen molar-refractivity contribution in [3.63, 3.8) is 0 Å². The van der Waals surface area contributed by atoms with Crippen LogP contribution in [0.2, 0.25) is 5.02 Å². The Kier molecular flexibility index (Phi) is 5.21. The minimum absolute atomic E-state index is 0.0119. The molecule has 3 aromatic rings. The lowest BCUT2D eigenvalue weighted by Gasteiger charge is -2.14.